The Balaban J connectivity index is 2.07. The van der Waals surface area contributed by atoms with Gasteiger partial charge in [0.2, 0.25) is 0 Å². The van der Waals surface area contributed by atoms with Gasteiger partial charge in [0.15, 0.2) is 0 Å². The summed E-state index contributed by atoms with van der Waals surface area (Å²) in [5, 5.41) is 29.8. The van der Waals surface area contributed by atoms with E-state index in [1.165, 1.54) is 19.3 Å². The molecule has 162 valence electrons. The van der Waals surface area contributed by atoms with Gasteiger partial charge in [0.1, 0.15) is 5.60 Å². The van der Waals surface area contributed by atoms with E-state index in [2.05, 4.69) is 51.3 Å². The summed E-state index contributed by atoms with van der Waals surface area (Å²) < 4.78 is 0. The first kappa shape index (κ1) is 23.9. The van der Waals surface area contributed by atoms with Crippen LogP contribution in [-0.4, -0.2) is 33.1 Å². The SMILES string of the molecule is C=C1/C(=C\C=C\C2CCCC([C@@H](C)CC#CC(C)(C)O)C2(C)C)C[C@@H](O)C[C@@H]1O. The molecule has 0 radical (unpaired) electrons. The molecule has 2 aliphatic carbocycles. The minimum absolute atomic E-state index is 0.172. The molecule has 0 bridgehead atoms. The molecule has 0 amide bonds. The highest BCUT2D eigenvalue weighted by atomic mass is 16.3. The normalized spacial score (nSPS) is 32.8. The summed E-state index contributed by atoms with van der Waals surface area (Å²) in [6.45, 7) is 14.5. The second kappa shape index (κ2) is 9.65. The molecule has 0 saturated heterocycles. The van der Waals surface area contributed by atoms with Crippen molar-refractivity contribution >= 4 is 0 Å². The molecule has 3 N–H and O–H groups in total. The number of hydrogen-bond acceptors (Lipinski definition) is 3. The van der Waals surface area contributed by atoms with Crippen molar-refractivity contribution in [1.29, 1.82) is 0 Å². The van der Waals surface area contributed by atoms with Crippen molar-refractivity contribution < 1.29 is 15.3 Å². The Morgan fingerprint density at radius 1 is 1.28 bits per heavy atom. The minimum atomic E-state index is -0.926. The lowest BCUT2D eigenvalue weighted by Gasteiger charge is -2.47. The molecule has 2 fully saturated rings. The largest absolute Gasteiger partial charge is 0.393 e. The summed E-state index contributed by atoms with van der Waals surface area (Å²) in [7, 11) is 0. The summed E-state index contributed by atoms with van der Waals surface area (Å²) in [6, 6.07) is 0. The van der Waals surface area contributed by atoms with E-state index in [1.807, 2.05) is 6.08 Å². The van der Waals surface area contributed by atoms with E-state index in [0.717, 1.165) is 17.6 Å². The van der Waals surface area contributed by atoms with Gasteiger partial charge in [-0.3, -0.25) is 0 Å². The number of rotatable bonds is 4. The first-order valence-electron chi connectivity index (χ1n) is 11.1. The maximum absolute atomic E-state index is 10.0. The highest BCUT2D eigenvalue weighted by molar-refractivity contribution is 5.37. The van der Waals surface area contributed by atoms with Crippen molar-refractivity contribution in [3.63, 3.8) is 0 Å². The van der Waals surface area contributed by atoms with Crippen molar-refractivity contribution in [3.05, 3.63) is 36.0 Å². The van der Waals surface area contributed by atoms with Crippen molar-refractivity contribution in [1.82, 2.24) is 0 Å². The quantitative estimate of drug-likeness (QED) is 0.595. The van der Waals surface area contributed by atoms with Crippen LogP contribution in [0, 0.1) is 35.0 Å². The van der Waals surface area contributed by atoms with Crippen LogP contribution in [0.15, 0.2) is 36.0 Å². The first-order chi connectivity index (χ1) is 13.4. The second-order valence-electron chi connectivity index (χ2n) is 10.2. The third kappa shape index (κ3) is 6.57. The van der Waals surface area contributed by atoms with Crippen LogP contribution in [0.5, 0.6) is 0 Å². The van der Waals surface area contributed by atoms with Crippen LogP contribution in [0.2, 0.25) is 0 Å². The fraction of sp³-hybridized carbons (Fsp3) is 0.692. The monoisotopic (exact) mass is 400 g/mol. The molecule has 0 spiro atoms. The molecule has 2 rings (SSSR count). The Bertz CT molecular complexity index is 696. The maximum Gasteiger partial charge on any atom is 0.119 e. The molecular weight excluding hydrogens is 360 g/mol. The van der Waals surface area contributed by atoms with E-state index in [-0.39, 0.29) is 5.41 Å². The third-order valence-electron chi connectivity index (χ3n) is 6.85. The number of hydrogen-bond donors (Lipinski definition) is 3. The van der Waals surface area contributed by atoms with Gasteiger partial charge in [0.05, 0.1) is 12.2 Å². The third-order valence-corrected chi connectivity index (χ3v) is 6.85. The summed E-state index contributed by atoms with van der Waals surface area (Å²) in [5.74, 6) is 7.69. The van der Waals surface area contributed by atoms with Gasteiger partial charge in [-0.15, -0.1) is 5.92 Å². The van der Waals surface area contributed by atoms with E-state index in [0.29, 0.717) is 30.6 Å². The van der Waals surface area contributed by atoms with Crippen LogP contribution in [0.1, 0.15) is 73.1 Å². The molecule has 2 aliphatic rings. The van der Waals surface area contributed by atoms with Gasteiger partial charge in [-0.1, -0.05) is 57.9 Å². The summed E-state index contributed by atoms with van der Waals surface area (Å²) in [5.41, 5.74) is 0.934. The minimum Gasteiger partial charge on any atom is -0.393 e. The Labute approximate surface area is 177 Å². The molecule has 2 unspecified atom stereocenters. The van der Waals surface area contributed by atoms with Crippen molar-refractivity contribution in [2.75, 3.05) is 0 Å². The van der Waals surface area contributed by atoms with E-state index in [4.69, 9.17) is 0 Å². The van der Waals surface area contributed by atoms with Gasteiger partial charge in [-0.25, -0.2) is 0 Å². The predicted molar refractivity (Wildman–Crippen MR) is 120 cm³/mol. The second-order valence-corrected chi connectivity index (χ2v) is 10.2. The molecule has 29 heavy (non-hydrogen) atoms. The molecule has 2 saturated carbocycles. The Morgan fingerprint density at radius 3 is 2.62 bits per heavy atom. The van der Waals surface area contributed by atoms with Crippen LogP contribution in [-0.2, 0) is 0 Å². The standard InChI is InChI=1S/C26H40O3/c1-18(10-9-15-25(3,4)29)23-14-8-13-21(26(23,5)6)12-7-11-20-16-22(27)17-24(28)19(20)2/h7,11-12,18,21-24,27-29H,2,8,10,13-14,16-17H2,1,3-6H3/b12-7+,20-11-/t18-,21?,22+,23?,24-/m0/s1. The zero-order valence-corrected chi connectivity index (χ0v) is 18.9. The van der Waals surface area contributed by atoms with E-state index in [9.17, 15) is 15.3 Å². The molecular formula is C26H40O3. The first-order valence-corrected chi connectivity index (χ1v) is 11.1. The van der Waals surface area contributed by atoms with Gasteiger partial charge >= 0.3 is 0 Å². The molecule has 0 aromatic rings. The van der Waals surface area contributed by atoms with Gasteiger partial charge in [0, 0.05) is 12.8 Å². The number of allylic oxidation sites excluding steroid dienone is 3. The van der Waals surface area contributed by atoms with Crippen LogP contribution in [0.3, 0.4) is 0 Å². The summed E-state index contributed by atoms with van der Waals surface area (Å²) >= 11 is 0. The van der Waals surface area contributed by atoms with Gasteiger partial charge in [-0.2, -0.15) is 0 Å². The van der Waals surface area contributed by atoms with Crippen molar-refractivity contribution in [2.24, 2.45) is 23.2 Å². The van der Waals surface area contributed by atoms with Gasteiger partial charge < -0.3 is 15.3 Å². The topological polar surface area (TPSA) is 60.7 Å². The molecule has 3 nitrogen and oxygen atoms in total. The molecule has 0 aliphatic heterocycles. The Kier molecular flexibility index (Phi) is 7.96. The average molecular weight is 401 g/mol. The molecule has 0 aromatic carbocycles. The lowest BCUT2D eigenvalue weighted by atomic mass is 9.58. The van der Waals surface area contributed by atoms with Crippen LogP contribution < -0.4 is 0 Å². The molecule has 0 aromatic heterocycles. The Morgan fingerprint density at radius 2 is 1.97 bits per heavy atom. The molecule has 0 heterocycles. The molecule has 5 atom stereocenters. The van der Waals surface area contributed by atoms with E-state index >= 15 is 0 Å². The molecule has 3 heteroatoms. The lowest BCUT2D eigenvalue weighted by molar-refractivity contribution is 0.0496. The van der Waals surface area contributed by atoms with E-state index in [1.54, 1.807) is 13.8 Å². The maximum atomic E-state index is 10.0. The smallest absolute Gasteiger partial charge is 0.119 e. The van der Waals surface area contributed by atoms with Gasteiger partial charge in [0.25, 0.3) is 0 Å². The van der Waals surface area contributed by atoms with Crippen LogP contribution in [0.25, 0.3) is 0 Å². The highest BCUT2D eigenvalue weighted by Crippen LogP contribution is 2.49. The van der Waals surface area contributed by atoms with Crippen molar-refractivity contribution in [3.8, 4) is 11.8 Å². The number of aliphatic hydroxyl groups excluding tert-OH is 2. The summed E-state index contributed by atoms with van der Waals surface area (Å²) in [4.78, 5) is 0. The zero-order chi connectivity index (χ0) is 21.8. The number of aliphatic hydroxyl groups is 3. The highest BCUT2D eigenvalue weighted by Gasteiger charge is 2.41. The van der Waals surface area contributed by atoms with E-state index < -0.39 is 17.8 Å². The lowest BCUT2D eigenvalue weighted by Crippen LogP contribution is -2.38. The summed E-state index contributed by atoms with van der Waals surface area (Å²) in [6.07, 6.45) is 10.7. The fourth-order valence-electron chi connectivity index (χ4n) is 5.07. The van der Waals surface area contributed by atoms with Crippen LogP contribution >= 0.6 is 0 Å². The average Bonchev–Trinajstić information content (AvgIpc) is 2.58. The Hall–Kier alpha value is -1.34. The fourth-order valence-corrected chi connectivity index (χ4v) is 5.07. The zero-order valence-electron chi connectivity index (χ0n) is 18.9. The van der Waals surface area contributed by atoms with Crippen molar-refractivity contribution in [2.45, 2.75) is 91.0 Å². The van der Waals surface area contributed by atoms with Crippen LogP contribution in [0.4, 0.5) is 0 Å². The predicted octanol–water partition coefficient (Wildman–Crippen LogP) is 4.78. The van der Waals surface area contributed by atoms with Gasteiger partial charge in [-0.05, 0) is 67.4 Å².